The molecule has 4 aromatic rings. The molecule has 3 aromatic carbocycles. The lowest BCUT2D eigenvalue weighted by atomic mass is 9.92. The number of esters is 1. The summed E-state index contributed by atoms with van der Waals surface area (Å²) < 4.78 is 77.1. The molecular weight excluding hydrogens is 635 g/mol. The molecule has 0 radical (unpaired) electrons. The molecule has 1 heterocycles. The molecule has 0 aliphatic carbocycles. The monoisotopic (exact) mass is 662 g/mol. The number of alkyl halides is 1. The highest BCUT2D eigenvalue weighted by molar-refractivity contribution is 9.10. The Hall–Kier alpha value is -3.86. The number of pyridine rings is 1. The van der Waals surface area contributed by atoms with E-state index in [1.165, 1.54) is 0 Å². The van der Waals surface area contributed by atoms with E-state index in [1.54, 1.807) is 32.0 Å². The van der Waals surface area contributed by atoms with Crippen molar-refractivity contribution in [2.24, 2.45) is 0 Å². The first-order valence-corrected chi connectivity index (χ1v) is 14.4. The second-order valence-corrected chi connectivity index (χ2v) is 10.9. The van der Waals surface area contributed by atoms with Crippen LogP contribution in [0.1, 0.15) is 60.0 Å². The van der Waals surface area contributed by atoms with Gasteiger partial charge in [-0.1, -0.05) is 53.2 Å². The lowest BCUT2D eigenvalue weighted by Gasteiger charge is -2.21. The molecule has 0 spiro atoms. The zero-order valence-corrected chi connectivity index (χ0v) is 24.9. The normalized spacial score (nSPS) is 12.7. The van der Waals surface area contributed by atoms with Crippen LogP contribution in [0.15, 0.2) is 59.1 Å². The number of amides is 1. The van der Waals surface area contributed by atoms with Gasteiger partial charge in [-0.2, -0.15) is 0 Å². The van der Waals surface area contributed by atoms with Gasteiger partial charge in [0.15, 0.2) is 23.3 Å². The van der Waals surface area contributed by atoms with Gasteiger partial charge in [0.05, 0.1) is 16.8 Å². The van der Waals surface area contributed by atoms with Crippen molar-refractivity contribution in [2.45, 2.75) is 51.8 Å². The Labute approximate surface area is 253 Å². The lowest BCUT2D eigenvalue weighted by Crippen LogP contribution is -2.31. The van der Waals surface area contributed by atoms with Crippen LogP contribution in [0, 0.1) is 30.2 Å². The fourth-order valence-electron chi connectivity index (χ4n) is 4.88. The molecule has 0 fully saturated rings. The van der Waals surface area contributed by atoms with Crippen molar-refractivity contribution in [3.8, 4) is 11.3 Å². The number of carbonyl (C=O) groups is 2. The number of carbonyl (C=O) groups excluding carboxylic acids is 2. The van der Waals surface area contributed by atoms with E-state index in [4.69, 9.17) is 4.98 Å². The zero-order chi connectivity index (χ0) is 31.3. The molecule has 0 aliphatic rings. The van der Waals surface area contributed by atoms with E-state index in [0.717, 1.165) is 5.56 Å². The maximum atomic E-state index is 14.8. The van der Waals surface area contributed by atoms with Gasteiger partial charge >= 0.3 is 5.97 Å². The number of benzene rings is 3. The van der Waals surface area contributed by atoms with Gasteiger partial charge in [0.25, 0.3) is 5.91 Å². The summed E-state index contributed by atoms with van der Waals surface area (Å²) in [6.45, 7) is 2.90. The van der Waals surface area contributed by atoms with Crippen molar-refractivity contribution in [3.05, 3.63) is 99.0 Å². The van der Waals surface area contributed by atoms with E-state index in [2.05, 4.69) is 26.0 Å². The van der Waals surface area contributed by atoms with Gasteiger partial charge in [-0.25, -0.2) is 26.9 Å². The third kappa shape index (κ3) is 7.38. The van der Waals surface area contributed by atoms with Gasteiger partial charge in [-0.15, -0.1) is 0 Å². The largest absolute Gasteiger partial charge is 0.431 e. The smallest absolute Gasteiger partial charge is 0.308 e. The summed E-state index contributed by atoms with van der Waals surface area (Å²) in [7, 11) is 0. The molecule has 0 bridgehead atoms. The first-order valence-electron chi connectivity index (χ1n) is 13.6. The number of rotatable bonds is 11. The summed E-state index contributed by atoms with van der Waals surface area (Å²) in [5.74, 6) is -9.61. The molecule has 1 amide bonds. The number of nitrogens with zero attached hydrogens (tertiary/aromatic N) is 1. The molecule has 4 rings (SSSR count). The topological polar surface area (TPSA) is 68.3 Å². The molecule has 226 valence electrons. The Kier molecular flexibility index (Phi) is 10.5. The van der Waals surface area contributed by atoms with Crippen LogP contribution in [0.2, 0.25) is 0 Å². The van der Waals surface area contributed by atoms with E-state index < -0.39 is 72.4 Å². The van der Waals surface area contributed by atoms with Crippen LogP contribution in [-0.2, 0) is 9.53 Å². The third-order valence-corrected chi connectivity index (χ3v) is 7.49. The predicted molar refractivity (Wildman–Crippen MR) is 156 cm³/mol. The Bertz CT molecular complexity index is 1630. The Morgan fingerprint density at radius 3 is 2.30 bits per heavy atom. The summed E-state index contributed by atoms with van der Waals surface area (Å²) in [5.41, 5.74) is 1.58. The number of ether oxygens (including phenoxy) is 1. The summed E-state index contributed by atoms with van der Waals surface area (Å²) in [6.07, 6.45) is -2.41. The first kappa shape index (κ1) is 32.1. The Morgan fingerprint density at radius 2 is 1.65 bits per heavy atom. The number of aromatic nitrogens is 1. The third-order valence-electron chi connectivity index (χ3n) is 7.00. The molecule has 2 unspecified atom stereocenters. The maximum absolute atomic E-state index is 14.8. The predicted octanol–water partition coefficient (Wildman–Crippen LogP) is 8.46. The Morgan fingerprint density at radius 1 is 0.977 bits per heavy atom. The van der Waals surface area contributed by atoms with Crippen molar-refractivity contribution in [2.75, 3.05) is 6.54 Å². The van der Waals surface area contributed by atoms with Gasteiger partial charge in [0.1, 0.15) is 0 Å². The van der Waals surface area contributed by atoms with Gasteiger partial charge in [0.2, 0.25) is 6.36 Å². The second kappa shape index (κ2) is 14.1. The first-order chi connectivity index (χ1) is 20.5. The van der Waals surface area contributed by atoms with Crippen molar-refractivity contribution in [1.82, 2.24) is 10.3 Å². The van der Waals surface area contributed by atoms with Crippen LogP contribution < -0.4 is 5.32 Å². The number of hydrogen-bond acceptors (Lipinski definition) is 4. The molecule has 11 heteroatoms. The zero-order valence-electron chi connectivity index (χ0n) is 23.3. The molecule has 1 N–H and O–H groups in total. The number of nitrogens with one attached hydrogen (secondary N) is 1. The maximum Gasteiger partial charge on any atom is 0.308 e. The van der Waals surface area contributed by atoms with Crippen LogP contribution in [0.3, 0.4) is 0 Å². The Balaban J connectivity index is 1.69. The molecule has 1 aromatic heterocycles. The van der Waals surface area contributed by atoms with E-state index in [-0.39, 0.29) is 18.1 Å². The molecule has 0 saturated heterocycles. The van der Waals surface area contributed by atoms with Crippen molar-refractivity contribution < 1.29 is 36.3 Å². The highest BCUT2D eigenvalue weighted by Gasteiger charge is 2.29. The van der Waals surface area contributed by atoms with Gasteiger partial charge in [-0.3, -0.25) is 9.59 Å². The second-order valence-electron chi connectivity index (χ2n) is 10.0. The summed E-state index contributed by atoms with van der Waals surface area (Å²) in [4.78, 5) is 30.7. The van der Waals surface area contributed by atoms with Crippen LogP contribution in [0.4, 0.5) is 22.0 Å². The van der Waals surface area contributed by atoms with Crippen LogP contribution >= 0.6 is 15.9 Å². The van der Waals surface area contributed by atoms with Crippen molar-refractivity contribution >= 4 is 38.7 Å². The van der Waals surface area contributed by atoms with E-state index in [9.17, 15) is 31.5 Å². The summed E-state index contributed by atoms with van der Waals surface area (Å²) in [6, 6.07) is 14.4. The van der Waals surface area contributed by atoms with Crippen LogP contribution in [0.25, 0.3) is 22.2 Å². The molecule has 0 saturated carbocycles. The molecule has 5 nitrogen and oxygen atoms in total. The highest BCUT2D eigenvalue weighted by atomic mass is 79.9. The minimum Gasteiger partial charge on any atom is -0.431 e. The number of fused-ring (bicyclic) bond motifs is 1. The van der Waals surface area contributed by atoms with Gasteiger partial charge < -0.3 is 10.1 Å². The van der Waals surface area contributed by atoms with Crippen molar-refractivity contribution in [1.29, 1.82) is 0 Å². The lowest BCUT2D eigenvalue weighted by molar-refractivity contribution is -0.158. The highest BCUT2D eigenvalue weighted by Crippen LogP contribution is 2.33. The van der Waals surface area contributed by atoms with E-state index >= 15 is 0 Å². The van der Waals surface area contributed by atoms with E-state index in [0.29, 0.717) is 33.1 Å². The van der Waals surface area contributed by atoms with Crippen molar-refractivity contribution in [3.63, 3.8) is 0 Å². The van der Waals surface area contributed by atoms with Crippen LogP contribution in [0.5, 0.6) is 0 Å². The average Bonchev–Trinajstić information content (AvgIpc) is 2.97. The minimum atomic E-state index is -1.86. The number of hydrogen-bond donors (Lipinski definition) is 1. The standard InChI is InChI=1S/C32H28BrF5N2O3/c1-3-7-25(36)43-26(41)13-10-19(28-29(37)22(34)15-23(35)30(28)38)16-39-32(42)27-17(2)31(18-8-5-4-6-9-18)40-24-12-11-20(33)14-21(24)27/h4-6,8-9,11-12,14-15,19,25H,3,7,10,13,16H2,1-2H3,(H,39,42). The average molecular weight is 663 g/mol. The fourth-order valence-corrected chi connectivity index (χ4v) is 5.24. The van der Waals surface area contributed by atoms with Gasteiger partial charge in [-0.05, 0) is 43.5 Å². The molecule has 2 atom stereocenters. The SMILES string of the molecule is CCCC(F)OC(=O)CCC(CNC(=O)c1c(C)c(-c2ccccc2)nc2ccc(Br)cc12)c1c(F)c(F)cc(F)c1F. The minimum absolute atomic E-state index is 0.0378. The quantitative estimate of drug-likeness (QED) is 0.0994. The summed E-state index contributed by atoms with van der Waals surface area (Å²) >= 11 is 3.40. The van der Waals surface area contributed by atoms with Gasteiger partial charge in [0, 0.05) is 52.4 Å². The van der Waals surface area contributed by atoms with Crippen LogP contribution in [-0.4, -0.2) is 29.8 Å². The van der Waals surface area contributed by atoms with E-state index in [1.807, 2.05) is 30.3 Å². The summed E-state index contributed by atoms with van der Waals surface area (Å²) in [5, 5.41) is 3.11. The molecule has 0 aliphatic heterocycles. The molecular formula is C32H28BrF5N2O3. The fraction of sp³-hybridized carbons (Fsp3) is 0.281. The number of halogens is 6. The molecule has 43 heavy (non-hydrogen) atoms.